The van der Waals surface area contributed by atoms with Crippen LogP contribution in [0.1, 0.15) is 15.9 Å². The number of halogens is 4. The van der Waals surface area contributed by atoms with Gasteiger partial charge in [0.25, 0.3) is 0 Å². The fourth-order valence-corrected chi connectivity index (χ4v) is 1.33. The van der Waals surface area contributed by atoms with Crippen LogP contribution in [-0.4, -0.2) is 13.1 Å². The van der Waals surface area contributed by atoms with Crippen LogP contribution in [0.3, 0.4) is 0 Å². The van der Waals surface area contributed by atoms with E-state index >= 15 is 0 Å². The van der Waals surface area contributed by atoms with Gasteiger partial charge >= 0.3 is 12.1 Å². The minimum atomic E-state index is -4.58. The summed E-state index contributed by atoms with van der Waals surface area (Å²) >= 11 is 5.45. The smallest absolute Gasteiger partial charge is 0.417 e. The number of ether oxygens (including phenoxy) is 1. The molecule has 0 radical (unpaired) electrons. The molecule has 15 heavy (non-hydrogen) atoms. The van der Waals surface area contributed by atoms with Gasteiger partial charge in [-0.2, -0.15) is 13.2 Å². The fraction of sp³-hybridized carbons (Fsp3) is 0.222. The van der Waals surface area contributed by atoms with Gasteiger partial charge in [-0.25, -0.2) is 4.79 Å². The zero-order valence-corrected chi connectivity index (χ0v) is 8.32. The first-order valence-corrected chi connectivity index (χ1v) is 4.19. The van der Waals surface area contributed by atoms with Crippen molar-refractivity contribution in [2.45, 2.75) is 6.18 Å². The number of hydrogen-bond donors (Lipinski definition) is 0. The Labute approximate surface area is 88.6 Å². The van der Waals surface area contributed by atoms with Gasteiger partial charge in [-0.3, -0.25) is 0 Å². The van der Waals surface area contributed by atoms with Crippen molar-refractivity contribution in [3.05, 3.63) is 34.3 Å². The van der Waals surface area contributed by atoms with Crippen LogP contribution in [-0.2, 0) is 10.9 Å². The molecule has 0 bridgehead atoms. The van der Waals surface area contributed by atoms with Crippen molar-refractivity contribution in [3.8, 4) is 0 Å². The SMILES string of the molecule is COC(=O)c1cccc(C(F)(F)F)c1Cl. The molecule has 0 unspecified atom stereocenters. The zero-order valence-electron chi connectivity index (χ0n) is 7.56. The summed E-state index contributed by atoms with van der Waals surface area (Å²) in [5, 5.41) is -0.642. The topological polar surface area (TPSA) is 26.3 Å². The van der Waals surface area contributed by atoms with Gasteiger partial charge in [0.1, 0.15) is 0 Å². The van der Waals surface area contributed by atoms with E-state index in [4.69, 9.17) is 11.6 Å². The number of benzene rings is 1. The van der Waals surface area contributed by atoms with Crippen molar-refractivity contribution >= 4 is 17.6 Å². The molecule has 0 spiro atoms. The first kappa shape index (κ1) is 11.8. The maximum absolute atomic E-state index is 12.4. The molecule has 1 rings (SSSR count). The number of carbonyl (C=O) groups excluding carboxylic acids is 1. The third-order valence-electron chi connectivity index (χ3n) is 1.71. The summed E-state index contributed by atoms with van der Waals surface area (Å²) in [5.74, 6) is -0.897. The third kappa shape index (κ3) is 2.41. The number of esters is 1. The van der Waals surface area contributed by atoms with E-state index in [0.717, 1.165) is 19.2 Å². The van der Waals surface area contributed by atoms with Crippen LogP contribution < -0.4 is 0 Å². The van der Waals surface area contributed by atoms with Gasteiger partial charge in [0.2, 0.25) is 0 Å². The molecular formula is C9H6ClF3O2. The minimum Gasteiger partial charge on any atom is -0.465 e. The van der Waals surface area contributed by atoms with Gasteiger partial charge in [0.15, 0.2) is 0 Å². The third-order valence-corrected chi connectivity index (χ3v) is 2.12. The molecule has 0 atom stereocenters. The van der Waals surface area contributed by atoms with Crippen LogP contribution in [0.2, 0.25) is 5.02 Å². The Bertz CT molecular complexity index is 387. The molecule has 1 aromatic carbocycles. The van der Waals surface area contributed by atoms with Crippen molar-refractivity contribution in [2.24, 2.45) is 0 Å². The highest BCUT2D eigenvalue weighted by Gasteiger charge is 2.34. The van der Waals surface area contributed by atoms with E-state index < -0.39 is 22.7 Å². The lowest BCUT2D eigenvalue weighted by Gasteiger charge is -2.10. The zero-order chi connectivity index (χ0) is 11.6. The van der Waals surface area contributed by atoms with Crippen molar-refractivity contribution in [3.63, 3.8) is 0 Å². The average Bonchev–Trinajstić information content (AvgIpc) is 2.15. The molecular weight excluding hydrogens is 233 g/mol. The van der Waals surface area contributed by atoms with Gasteiger partial charge in [-0.1, -0.05) is 17.7 Å². The van der Waals surface area contributed by atoms with E-state index in [9.17, 15) is 18.0 Å². The lowest BCUT2D eigenvalue weighted by atomic mass is 10.1. The second-order valence-corrected chi connectivity index (χ2v) is 3.03. The van der Waals surface area contributed by atoms with Gasteiger partial charge in [-0.05, 0) is 12.1 Å². The van der Waals surface area contributed by atoms with E-state index in [1.54, 1.807) is 0 Å². The summed E-state index contributed by atoms with van der Waals surface area (Å²) in [4.78, 5) is 11.0. The number of carbonyl (C=O) groups is 1. The van der Waals surface area contributed by atoms with Gasteiger partial charge in [-0.15, -0.1) is 0 Å². The molecule has 0 saturated carbocycles. The predicted octanol–water partition coefficient (Wildman–Crippen LogP) is 3.15. The molecule has 0 amide bonds. The van der Waals surface area contributed by atoms with Crippen molar-refractivity contribution < 1.29 is 22.7 Å². The monoisotopic (exact) mass is 238 g/mol. The Morgan fingerprint density at radius 3 is 2.47 bits per heavy atom. The van der Waals surface area contributed by atoms with E-state index in [2.05, 4.69) is 4.74 Å². The Balaban J connectivity index is 3.30. The largest absolute Gasteiger partial charge is 0.465 e. The van der Waals surface area contributed by atoms with Crippen molar-refractivity contribution in [1.82, 2.24) is 0 Å². The summed E-state index contributed by atoms with van der Waals surface area (Å²) < 4.78 is 41.4. The standard InChI is InChI=1S/C9H6ClF3O2/c1-15-8(14)5-3-2-4-6(7(5)10)9(11,12)13/h2-4H,1H3. The molecule has 0 aliphatic carbocycles. The molecule has 0 aromatic heterocycles. The van der Waals surface area contributed by atoms with Crippen LogP contribution >= 0.6 is 11.6 Å². The van der Waals surface area contributed by atoms with E-state index in [-0.39, 0.29) is 5.56 Å². The predicted molar refractivity (Wildman–Crippen MR) is 47.8 cm³/mol. The molecule has 2 nitrogen and oxygen atoms in total. The summed E-state index contributed by atoms with van der Waals surface area (Å²) in [6.45, 7) is 0. The van der Waals surface area contributed by atoms with Gasteiger partial charge in [0, 0.05) is 0 Å². The lowest BCUT2D eigenvalue weighted by molar-refractivity contribution is -0.137. The number of rotatable bonds is 1. The number of hydrogen-bond acceptors (Lipinski definition) is 2. The molecule has 82 valence electrons. The summed E-state index contributed by atoms with van der Waals surface area (Å²) in [5.41, 5.74) is -1.35. The van der Waals surface area contributed by atoms with E-state index in [0.29, 0.717) is 0 Å². The first-order chi connectivity index (χ1) is 6.88. The van der Waals surface area contributed by atoms with Crippen LogP contribution in [0.25, 0.3) is 0 Å². The van der Waals surface area contributed by atoms with Crippen molar-refractivity contribution in [1.29, 1.82) is 0 Å². The molecule has 6 heteroatoms. The molecule has 0 aliphatic heterocycles. The van der Waals surface area contributed by atoms with Crippen LogP contribution in [0.15, 0.2) is 18.2 Å². The second-order valence-electron chi connectivity index (χ2n) is 2.66. The van der Waals surface area contributed by atoms with Crippen molar-refractivity contribution in [2.75, 3.05) is 7.11 Å². The molecule has 0 aliphatic rings. The quantitative estimate of drug-likeness (QED) is 0.703. The summed E-state index contributed by atoms with van der Waals surface area (Å²) in [7, 11) is 1.07. The highest BCUT2D eigenvalue weighted by atomic mass is 35.5. The summed E-state index contributed by atoms with van der Waals surface area (Å²) in [6, 6.07) is 3.07. The Hall–Kier alpha value is -1.23. The molecule has 0 heterocycles. The number of methoxy groups -OCH3 is 1. The highest BCUT2D eigenvalue weighted by Crippen LogP contribution is 2.36. The average molecular weight is 239 g/mol. The lowest BCUT2D eigenvalue weighted by Crippen LogP contribution is -2.10. The normalized spacial score (nSPS) is 11.3. The van der Waals surface area contributed by atoms with Crippen LogP contribution in [0.5, 0.6) is 0 Å². The summed E-state index contributed by atoms with van der Waals surface area (Å²) in [6.07, 6.45) is -4.58. The van der Waals surface area contributed by atoms with Gasteiger partial charge in [0.05, 0.1) is 23.3 Å². The maximum atomic E-state index is 12.4. The molecule has 0 fully saturated rings. The second kappa shape index (κ2) is 4.10. The Morgan fingerprint density at radius 1 is 1.40 bits per heavy atom. The fourth-order valence-electron chi connectivity index (χ4n) is 1.02. The number of alkyl halides is 3. The maximum Gasteiger partial charge on any atom is 0.417 e. The Kier molecular flexibility index (Phi) is 3.24. The minimum absolute atomic E-state index is 0.297. The first-order valence-electron chi connectivity index (χ1n) is 3.82. The molecule has 0 N–H and O–H groups in total. The van der Waals surface area contributed by atoms with Gasteiger partial charge < -0.3 is 4.74 Å². The Morgan fingerprint density at radius 2 is 2.00 bits per heavy atom. The highest BCUT2D eigenvalue weighted by molar-refractivity contribution is 6.34. The molecule has 0 saturated heterocycles. The van der Waals surface area contributed by atoms with Crippen LogP contribution in [0, 0.1) is 0 Å². The molecule has 1 aromatic rings. The van der Waals surface area contributed by atoms with E-state index in [1.165, 1.54) is 6.07 Å². The van der Waals surface area contributed by atoms with E-state index in [1.807, 2.05) is 0 Å². The van der Waals surface area contributed by atoms with Crippen LogP contribution in [0.4, 0.5) is 13.2 Å².